The van der Waals surface area contributed by atoms with Gasteiger partial charge in [-0.1, -0.05) is 41.9 Å². The Morgan fingerprint density at radius 3 is 2.25 bits per heavy atom. The van der Waals surface area contributed by atoms with Gasteiger partial charge in [-0.25, -0.2) is 8.78 Å². The van der Waals surface area contributed by atoms with Crippen LogP contribution in [0.1, 0.15) is 31.9 Å². The SMILES string of the molecule is CC(C)C[C@H](N[C@@H](c1ccc(Br)cc1)C(F)F)C(=O)O. The van der Waals surface area contributed by atoms with Crippen molar-refractivity contribution in [3.05, 3.63) is 34.3 Å². The Bertz CT molecular complexity index is 437. The molecule has 112 valence electrons. The quantitative estimate of drug-likeness (QED) is 0.786. The van der Waals surface area contributed by atoms with Crippen molar-refractivity contribution in [2.24, 2.45) is 5.92 Å². The highest BCUT2D eigenvalue weighted by molar-refractivity contribution is 9.10. The molecule has 0 saturated carbocycles. The van der Waals surface area contributed by atoms with Gasteiger partial charge in [0.15, 0.2) is 0 Å². The van der Waals surface area contributed by atoms with Crippen molar-refractivity contribution in [2.45, 2.75) is 38.8 Å². The van der Waals surface area contributed by atoms with Crippen molar-refractivity contribution in [2.75, 3.05) is 0 Å². The average molecular weight is 350 g/mol. The summed E-state index contributed by atoms with van der Waals surface area (Å²) in [5.41, 5.74) is 0.373. The van der Waals surface area contributed by atoms with Gasteiger partial charge in [0.25, 0.3) is 6.43 Å². The van der Waals surface area contributed by atoms with Gasteiger partial charge >= 0.3 is 5.97 Å². The van der Waals surface area contributed by atoms with Gasteiger partial charge < -0.3 is 5.11 Å². The molecular formula is C14H18BrF2NO2. The third-order valence-corrected chi connectivity index (χ3v) is 3.40. The van der Waals surface area contributed by atoms with Crippen LogP contribution in [0, 0.1) is 5.92 Å². The van der Waals surface area contributed by atoms with Crippen LogP contribution in [-0.4, -0.2) is 23.5 Å². The zero-order chi connectivity index (χ0) is 15.3. The molecule has 0 unspecified atom stereocenters. The predicted octanol–water partition coefficient (Wildman–Crippen LogP) is 3.84. The Morgan fingerprint density at radius 1 is 1.30 bits per heavy atom. The van der Waals surface area contributed by atoms with Crippen LogP contribution in [0.25, 0.3) is 0 Å². The maximum Gasteiger partial charge on any atom is 0.320 e. The van der Waals surface area contributed by atoms with E-state index >= 15 is 0 Å². The molecule has 0 radical (unpaired) electrons. The molecule has 0 amide bonds. The number of carbonyl (C=O) groups is 1. The Morgan fingerprint density at radius 2 is 1.85 bits per heavy atom. The summed E-state index contributed by atoms with van der Waals surface area (Å²) in [6.07, 6.45) is -2.38. The summed E-state index contributed by atoms with van der Waals surface area (Å²) < 4.78 is 27.1. The molecule has 0 aliphatic rings. The van der Waals surface area contributed by atoms with Gasteiger partial charge in [-0.3, -0.25) is 10.1 Å². The number of halogens is 3. The Balaban J connectivity index is 2.90. The highest BCUT2D eigenvalue weighted by Gasteiger charge is 2.29. The zero-order valence-corrected chi connectivity index (χ0v) is 12.9. The number of alkyl halides is 2. The summed E-state index contributed by atoms with van der Waals surface area (Å²) in [5.74, 6) is -1.01. The topological polar surface area (TPSA) is 49.3 Å². The molecule has 3 nitrogen and oxygen atoms in total. The fourth-order valence-corrected chi connectivity index (χ4v) is 2.18. The molecule has 0 aliphatic carbocycles. The second kappa shape index (κ2) is 7.69. The van der Waals surface area contributed by atoms with E-state index in [1.165, 1.54) is 0 Å². The molecule has 0 aromatic heterocycles. The molecule has 0 fully saturated rings. The minimum Gasteiger partial charge on any atom is -0.480 e. The van der Waals surface area contributed by atoms with E-state index < -0.39 is 24.5 Å². The maximum absolute atomic E-state index is 13.2. The van der Waals surface area contributed by atoms with Crippen molar-refractivity contribution in [1.29, 1.82) is 0 Å². The van der Waals surface area contributed by atoms with Gasteiger partial charge in [-0.15, -0.1) is 0 Å². The van der Waals surface area contributed by atoms with Crippen LogP contribution in [0.2, 0.25) is 0 Å². The number of hydrogen-bond acceptors (Lipinski definition) is 2. The molecule has 0 heterocycles. The number of carboxylic acids is 1. The monoisotopic (exact) mass is 349 g/mol. The first-order valence-electron chi connectivity index (χ1n) is 6.33. The second-order valence-corrected chi connectivity index (χ2v) is 5.97. The molecule has 0 aliphatic heterocycles. The number of nitrogens with one attached hydrogen (secondary N) is 1. The van der Waals surface area contributed by atoms with Crippen molar-refractivity contribution < 1.29 is 18.7 Å². The van der Waals surface area contributed by atoms with Gasteiger partial charge in [0.2, 0.25) is 0 Å². The molecule has 0 spiro atoms. The van der Waals surface area contributed by atoms with Crippen molar-refractivity contribution in [3.63, 3.8) is 0 Å². The normalized spacial score (nSPS) is 14.6. The van der Waals surface area contributed by atoms with E-state index in [-0.39, 0.29) is 5.92 Å². The fraction of sp³-hybridized carbons (Fsp3) is 0.500. The number of aliphatic carboxylic acids is 1. The van der Waals surface area contributed by atoms with Crippen LogP contribution < -0.4 is 5.32 Å². The summed E-state index contributed by atoms with van der Waals surface area (Å²) in [5, 5.41) is 11.7. The van der Waals surface area contributed by atoms with Gasteiger partial charge in [0, 0.05) is 4.47 Å². The first-order chi connectivity index (χ1) is 9.31. The number of hydrogen-bond donors (Lipinski definition) is 2. The van der Waals surface area contributed by atoms with Gasteiger partial charge in [-0.2, -0.15) is 0 Å². The van der Waals surface area contributed by atoms with Gasteiger partial charge in [0.1, 0.15) is 6.04 Å². The van der Waals surface area contributed by atoms with Crippen LogP contribution in [-0.2, 0) is 4.79 Å². The lowest BCUT2D eigenvalue weighted by Crippen LogP contribution is -2.42. The van der Waals surface area contributed by atoms with E-state index in [1.807, 2.05) is 13.8 Å². The molecule has 1 aromatic carbocycles. The lowest BCUT2D eigenvalue weighted by molar-refractivity contribution is -0.140. The van der Waals surface area contributed by atoms with Crippen LogP contribution in [0.15, 0.2) is 28.7 Å². The third-order valence-electron chi connectivity index (χ3n) is 2.87. The van der Waals surface area contributed by atoms with Crippen molar-refractivity contribution >= 4 is 21.9 Å². The molecule has 2 atom stereocenters. The van der Waals surface area contributed by atoms with Crippen molar-refractivity contribution in [3.8, 4) is 0 Å². The zero-order valence-electron chi connectivity index (χ0n) is 11.3. The average Bonchev–Trinajstić information content (AvgIpc) is 2.34. The van der Waals surface area contributed by atoms with E-state index in [2.05, 4.69) is 21.2 Å². The van der Waals surface area contributed by atoms with E-state index in [0.29, 0.717) is 12.0 Å². The molecule has 0 saturated heterocycles. The minimum atomic E-state index is -2.68. The molecule has 6 heteroatoms. The molecule has 1 rings (SSSR count). The van der Waals surface area contributed by atoms with Crippen LogP contribution in [0.4, 0.5) is 8.78 Å². The standard InChI is InChI=1S/C14H18BrF2NO2/c1-8(2)7-11(14(19)20)18-12(13(16)17)9-3-5-10(15)6-4-9/h3-6,8,11-13,18H,7H2,1-2H3,(H,19,20)/t11-,12-/m0/s1. The van der Waals surface area contributed by atoms with E-state index in [4.69, 9.17) is 5.11 Å². The summed E-state index contributed by atoms with van der Waals surface area (Å²) in [6.45, 7) is 3.71. The van der Waals surface area contributed by atoms with E-state index in [9.17, 15) is 13.6 Å². The summed E-state index contributed by atoms with van der Waals surface area (Å²) in [7, 11) is 0. The summed E-state index contributed by atoms with van der Waals surface area (Å²) in [4.78, 5) is 11.2. The first-order valence-corrected chi connectivity index (χ1v) is 7.13. The summed E-state index contributed by atoms with van der Waals surface area (Å²) >= 11 is 3.24. The third kappa shape index (κ3) is 5.17. The highest BCUT2D eigenvalue weighted by Crippen LogP contribution is 2.24. The predicted molar refractivity (Wildman–Crippen MR) is 76.9 cm³/mol. The Labute approximate surface area is 125 Å². The number of rotatable bonds is 7. The lowest BCUT2D eigenvalue weighted by Gasteiger charge is -2.24. The Hall–Kier alpha value is -1.01. The molecule has 1 aromatic rings. The van der Waals surface area contributed by atoms with Crippen LogP contribution in [0.3, 0.4) is 0 Å². The fourth-order valence-electron chi connectivity index (χ4n) is 1.91. The largest absolute Gasteiger partial charge is 0.480 e. The van der Waals surface area contributed by atoms with Crippen LogP contribution >= 0.6 is 15.9 Å². The van der Waals surface area contributed by atoms with E-state index in [0.717, 1.165) is 4.47 Å². The summed E-state index contributed by atoms with van der Waals surface area (Å²) in [6, 6.07) is 4.15. The van der Waals surface area contributed by atoms with E-state index in [1.54, 1.807) is 24.3 Å². The first kappa shape index (κ1) is 17.0. The molecule has 2 N–H and O–H groups in total. The van der Waals surface area contributed by atoms with Crippen molar-refractivity contribution in [1.82, 2.24) is 5.32 Å². The second-order valence-electron chi connectivity index (χ2n) is 5.05. The number of carboxylic acid groups (broad SMARTS) is 1. The number of benzene rings is 1. The smallest absolute Gasteiger partial charge is 0.320 e. The Kier molecular flexibility index (Phi) is 6.55. The van der Waals surface area contributed by atoms with Crippen LogP contribution in [0.5, 0.6) is 0 Å². The molecule has 0 bridgehead atoms. The maximum atomic E-state index is 13.2. The molecular weight excluding hydrogens is 332 g/mol. The minimum absolute atomic E-state index is 0.104. The molecule has 20 heavy (non-hydrogen) atoms. The lowest BCUT2D eigenvalue weighted by atomic mass is 10.0. The van der Waals surface area contributed by atoms with Gasteiger partial charge in [0.05, 0.1) is 6.04 Å². The highest BCUT2D eigenvalue weighted by atomic mass is 79.9. The van der Waals surface area contributed by atoms with Gasteiger partial charge in [-0.05, 0) is 30.0 Å².